The average molecular weight is 279 g/mol. The summed E-state index contributed by atoms with van der Waals surface area (Å²) in [6.45, 7) is 10.2. The zero-order valence-electron chi connectivity index (χ0n) is 12.6. The predicted molar refractivity (Wildman–Crippen MR) is 77.3 cm³/mol. The minimum absolute atomic E-state index is 0.000855. The van der Waals surface area contributed by atoms with Gasteiger partial charge in [0.1, 0.15) is 0 Å². The molecule has 0 saturated heterocycles. The van der Waals surface area contributed by atoms with E-state index >= 15 is 0 Å². The van der Waals surface area contributed by atoms with E-state index in [1.165, 1.54) is 0 Å². The van der Waals surface area contributed by atoms with Crippen molar-refractivity contribution in [2.45, 2.75) is 39.0 Å². The summed E-state index contributed by atoms with van der Waals surface area (Å²) in [5.41, 5.74) is 0. The molecule has 18 heavy (non-hydrogen) atoms. The van der Waals surface area contributed by atoms with Crippen LogP contribution in [0.15, 0.2) is 0 Å². The maximum Gasteiger partial charge on any atom is 0.218 e. The molecule has 0 rings (SSSR count). The van der Waals surface area contributed by atoms with Gasteiger partial charge in [0.2, 0.25) is 10.0 Å². The Balaban J connectivity index is 4.80. The van der Waals surface area contributed by atoms with Crippen molar-refractivity contribution in [3.63, 3.8) is 0 Å². The lowest BCUT2D eigenvalue weighted by Gasteiger charge is -2.31. The van der Waals surface area contributed by atoms with Gasteiger partial charge in [-0.05, 0) is 34.5 Å². The molecule has 110 valence electrons. The Bertz CT molecular complexity index is 317. The largest absolute Gasteiger partial charge is 0.316 e. The van der Waals surface area contributed by atoms with Crippen molar-refractivity contribution in [3.05, 3.63) is 0 Å². The lowest BCUT2D eigenvalue weighted by molar-refractivity contribution is 0.269. The fourth-order valence-electron chi connectivity index (χ4n) is 2.05. The molecule has 0 amide bonds. The van der Waals surface area contributed by atoms with Crippen LogP contribution in [0, 0.1) is 0 Å². The summed E-state index contributed by atoms with van der Waals surface area (Å²) in [6, 6.07) is -0.000855. The van der Waals surface area contributed by atoms with Gasteiger partial charge < -0.3 is 10.2 Å². The second-order valence-electron chi connectivity index (χ2n) is 4.98. The monoisotopic (exact) mass is 279 g/mol. The number of nitrogens with zero attached hydrogens (tertiary/aromatic N) is 2. The van der Waals surface area contributed by atoms with Crippen LogP contribution >= 0.6 is 0 Å². The molecule has 0 fully saturated rings. The summed E-state index contributed by atoms with van der Waals surface area (Å²) in [6.07, 6.45) is 0. The Kier molecular flexibility index (Phi) is 8.02. The Labute approximate surface area is 113 Å². The highest BCUT2D eigenvalue weighted by Gasteiger charge is 2.30. The molecule has 2 atom stereocenters. The molecule has 0 aromatic rings. The summed E-state index contributed by atoms with van der Waals surface area (Å²) in [4.78, 5) is 2.01. The molecule has 0 radical (unpaired) electrons. The van der Waals surface area contributed by atoms with Gasteiger partial charge in [0.25, 0.3) is 0 Å². The highest BCUT2D eigenvalue weighted by atomic mass is 32.2. The van der Waals surface area contributed by atoms with Gasteiger partial charge in [-0.3, -0.25) is 0 Å². The molecule has 0 aliphatic heterocycles. The quantitative estimate of drug-likeness (QED) is 0.671. The molecular formula is C12H29N3O2S. The molecule has 2 unspecified atom stereocenters. The van der Waals surface area contributed by atoms with E-state index in [0.29, 0.717) is 13.1 Å². The van der Waals surface area contributed by atoms with Crippen LogP contribution in [-0.2, 0) is 10.0 Å². The summed E-state index contributed by atoms with van der Waals surface area (Å²) in [7, 11) is 0.691. The van der Waals surface area contributed by atoms with Gasteiger partial charge in [-0.15, -0.1) is 0 Å². The van der Waals surface area contributed by atoms with Crippen LogP contribution in [0.5, 0.6) is 0 Å². The van der Waals surface area contributed by atoms with Crippen LogP contribution in [0.3, 0.4) is 0 Å². The predicted octanol–water partition coefficient (Wildman–Crippen LogP) is 0.586. The first-order chi connectivity index (χ1) is 8.27. The van der Waals surface area contributed by atoms with Crippen LogP contribution in [0.4, 0.5) is 0 Å². The Morgan fingerprint density at radius 2 is 1.72 bits per heavy atom. The van der Waals surface area contributed by atoms with Crippen LogP contribution in [0.25, 0.3) is 0 Å². The minimum atomic E-state index is -3.22. The van der Waals surface area contributed by atoms with E-state index < -0.39 is 10.0 Å². The summed E-state index contributed by atoms with van der Waals surface area (Å²) >= 11 is 0. The fourth-order valence-corrected chi connectivity index (χ4v) is 3.76. The van der Waals surface area contributed by atoms with Crippen molar-refractivity contribution in [3.8, 4) is 0 Å². The van der Waals surface area contributed by atoms with E-state index in [1.807, 2.05) is 39.8 Å². The fraction of sp³-hybridized carbons (Fsp3) is 1.00. The number of rotatable bonds is 9. The molecule has 0 heterocycles. The van der Waals surface area contributed by atoms with Crippen molar-refractivity contribution in [2.24, 2.45) is 0 Å². The Hall–Kier alpha value is -0.170. The standard InChI is InChI=1S/C12H29N3O2S/c1-7-13-9-12(4)18(16,17)15(8-2)11(3)10-14(5)6/h11-13H,7-10H2,1-6H3. The zero-order valence-corrected chi connectivity index (χ0v) is 13.4. The van der Waals surface area contributed by atoms with Gasteiger partial charge in [-0.1, -0.05) is 13.8 Å². The molecule has 5 nitrogen and oxygen atoms in total. The van der Waals surface area contributed by atoms with Gasteiger partial charge in [-0.2, -0.15) is 4.31 Å². The van der Waals surface area contributed by atoms with Crippen molar-refractivity contribution < 1.29 is 8.42 Å². The number of nitrogens with one attached hydrogen (secondary N) is 1. The molecule has 0 aromatic carbocycles. The molecular weight excluding hydrogens is 250 g/mol. The van der Waals surface area contributed by atoms with Crippen LogP contribution < -0.4 is 5.32 Å². The number of hydrogen-bond acceptors (Lipinski definition) is 4. The van der Waals surface area contributed by atoms with Crippen molar-refractivity contribution >= 4 is 10.0 Å². The normalized spacial score (nSPS) is 16.2. The first-order valence-electron chi connectivity index (χ1n) is 6.63. The highest BCUT2D eigenvalue weighted by molar-refractivity contribution is 7.89. The Morgan fingerprint density at radius 3 is 2.11 bits per heavy atom. The molecule has 0 bridgehead atoms. The number of likely N-dealkylation sites (N-methyl/N-ethyl adjacent to an activating group) is 2. The Morgan fingerprint density at radius 1 is 1.17 bits per heavy atom. The third-order valence-electron chi connectivity index (χ3n) is 2.95. The van der Waals surface area contributed by atoms with Crippen molar-refractivity contribution in [1.29, 1.82) is 0 Å². The van der Waals surface area contributed by atoms with Gasteiger partial charge in [0.05, 0.1) is 5.25 Å². The van der Waals surface area contributed by atoms with Crippen LogP contribution in [-0.4, -0.2) is 69.2 Å². The van der Waals surface area contributed by atoms with E-state index in [0.717, 1.165) is 13.1 Å². The number of hydrogen-bond donors (Lipinski definition) is 1. The van der Waals surface area contributed by atoms with Gasteiger partial charge in [0, 0.05) is 25.7 Å². The first kappa shape index (κ1) is 17.8. The van der Waals surface area contributed by atoms with Crippen molar-refractivity contribution in [1.82, 2.24) is 14.5 Å². The van der Waals surface area contributed by atoms with E-state index in [1.54, 1.807) is 11.2 Å². The van der Waals surface area contributed by atoms with Gasteiger partial charge in [-0.25, -0.2) is 8.42 Å². The maximum atomic E-state index is 12.5. The molecule has 0 aliphatic rings. The smallest absolute Gasteiger partial charge is 0.218 e. The molecule has 0 spiro atoms. The molecule has 6 heteroatoms. The summed E-state index contributed by atoms with van der Waals surface area (Å²) in [5, 5.41) is 2.71. The van der Waals surface area contributed by atoms with E-state index in [2.05, 4.69) is 5.32 Å². The topological polar surface area (TPSA) is 52.7 Å². The van der Waals surface area contributed by atoms with Crippen molar-refractivity contribution in [2.75, 3.05) is 40.3 Å². The van der Waals surface area contributed by atoms with Gasteiger partial charge in [0.15, 0.2) is 0 Å². The molecule has 1 N–H and O–H groups in total. The SMILES string of the molecule is CCNCC(C)S(=O)(=O)N(CC)C(C)CN(C)C. The second-order valence-corrected chi connectivity index (χ2v) is 7.28. The molecule has 0 aromatic heterocycles. The lowest BCUT2D eigenvalue weighted by Crippen LogP contribution is -2.48. The zero-order chi connectivity index (χ0) is 14.3. The van der Waals surface area contributed by atoms with E-state index in [9.17, 15) is 8.42 Å². The van der Waals surface area contributed by atoms with E-state index in [-0.39, 0.29) is 11.3 Å². The highest BCUT2D eigenvalue weighted by Crippen LogP contribution is 2.13. The minimum Gasteiger partial charge on any atom is -0.316 e. The van der Waals surface area contributed by atoms with E-state index in [4.69, 9.17) is 0 Å². The number of sulfonamides is 1. The van der Waals surface area contributed by atoms with Crippen LogP contribution in [0.1, 0.15) is 27.7 Å². The summed E-state index contributed by atoms with van der Waals surface area (Å²) < 4.78 is 26.5. The maximum absolute atomic E-state index is 12.5. The summed E-state index contributed by atoms with van der Waals surface area (Å²) in [5.74, 6) is 0. The van der Waals surface area contributed by atoms with Crippen LogP contribution in [0.2, 0.25) is 0 Å². The third kappa shape index (κ3) is 5.22. The average Bonchev–Trinajstić information content (AvgIpc) is 2.25. The first-order valence-corrected chi connectivity index (χ1v) is 8.13. The molecule has 0 saturated carbocycles. The second kappa shape index (κ2) is 8.09. The third-order valence-corrected chi connectivity index (χ3v) is 5.41. The van der Waals surface area contributed by atoms with Gasteiger partial charge >= 0.3 is 0 Å². The molecule has 0 aliphatic carbocycles. The lowest BCUT2D eigenvalue weighted by atomic mass is 10.3.